The van der Waals surface area contributed by atoms with Crippen molar-refractivity contribution in [2.24, 2.45) is 23.0 Å². The lowest BCUT2D eigenvalue weighted by Crippen LogP contribution is -2.50. The van der Waals surface area contributed by atoms with Crippen molar-refractivity contribution in [3.05, 3.63) is 0 Å². The van der Waals surface area contributed by atoms with E-state index in [0.717, 1.165) is 24.7 Å². The Morgan fingerprint density at radius 3 is 2.55 bits per heavy atom. The molecule has 3 aliphatic rings. The van der Waals surface area contributed by atoms with E-state index in [1.54, 1.807) is 0 Å². The third-order valence-corrected chi connectivity index (χ3v) is 5.73. The Balaban J connectivity index is 1.51. The van der Waals surface area contributed by atoms with E-state index >= 15 is 0 Å². The highest BCUT2D eigenvalue weighted by molar-refractivity contribution is 5.83. The fourth-order valence-corrected chi connectivity index (χ4v) is 4.07. The molecular weight excluding hydrogens is 252 g/mol. The first-order valence-corrected chi connectivity index (χ1v) is 8.34. The summed E-state index contributed by atoms with van der Waals surface area (Å²) in [7, 11) is 0. The van der Waals surface area contributed by atoms with E-state index in [2.05, 4.69) is 5.32 Å². The zero-order valence-corrected chi connectivity index (χ0v) is 12.4. The van der Waals surface area contributed by atoms with Crippen LogP contribution in [0.3, 0.4) is 0 Å². The molecule has 114 valence electrons. The second-order valence-corrected chi connectivity index (χ2v) is 6.97. The number of carbonyl (C=O) groups excluding carboxylic acids is 1. The number of hydrogen-bond acceptors (Lipinski definition) is 3. The Kier molecular flexibility index (Phi) is 4.32. The molecule has 4 nitrogen and oxygen atoms in total. The molecule has 20 heavy (non-hydrogen) atoms. The maximum atomic E-state index is 12.6. The Labute approximate surface area is 121 Å². The molecule has 1 amide bonds. The Morgan fingerprint density at radius 2 is 1.90 bits per heavy atom. The Bertz CT molecular complexity index is 346. The molecule has 2 atom stereocenters. The van der Waals surface area contributed by atoms with Crippen LogP contribution < -0.4 is 11.1 Å². The van der Waals surface area contributed by atoms with Gasteiger partial charge in [-0.3, -0.25) is 4.79 Å². The molecule has 3 N–H and O–H groups in total. The maximum Gasteiger partial charge on any atom is 0.227 e. The summed E-state index contributed by atoms with van der Waals surface area (Å²) in [6, 6.07) is 0.428. The minimum atomic E-state index is -0.363. The summed E-state index contributed by atoms with van der Waals surface area (Å²) in [6.07, 6.45) is 9.63. The molecule has 0 radical (unpaired) electrons. The summed E-state index contributed by atoms with van der Waals surface area (Å²) >= 11 is 0. The van der Waals surface area contributed by atoms with Crippen LogP contribution in [-0.2, 0) is 9.53 Å². The van der Waals surface area contributed by atoms with Crippen molar-refractivity contribution in [3.8, 4) is 0 Å². The van der Waals surface area contributed by atoms with Crippen LogP contribution in [0.25, 0.3) is 0 Å². The van der Waals surface area contributed by atoms with Crippen molar-refractivity contribution in [2.75, 3.05) is 19.8 Å². The van der Waals surface area contributed by atoms with Gasteiger partial charge in [-0.2, -0.15) is 0 Å². The van der Waals surface area contributed by atoms with Gasteiger partial charge in [0.15, 0.2) is 0 Å². The van der Waals surface area contributed by atoms with Gasteiger partial charge in [0.1, 0.15) is 0 Å². The molecule has 0 bridgehead atoms. The molecule has 2 aliphatic carbocycles. The normalized spacial score (nSPS) is 33.6. The highest BCUT2D eigenvalue weighted by Crippen LogP contribution is 2.45. The van der Waals surface area contributed by atoms with Gasteiger partial charge in [-0.05, 0) is 31.1 Å². The fraction of sp³-hybridized carbons (Fsp3) is 0.938. The van der Waals surface area contributed by atoms with Crippen molar-refractivity contribution < 1.29 is 9.53 Å². The molecule has 0 spiro atoms. The zero-order chi connectivity index (χ0) is 14.0. The van der Waals surface area contributed by atoms with Crippen LogP contribution >= 0.6 is 0 Å². The van der Waals surface area contributed by atoms with Crippen LogP contribution in [-0.4, -0.2) is 31.7 Å². The molecule has 1 heterocycles. The first kappa shape index (κ1) is 14.3. The quantitative estimate of drug-likeness (QED) is 0.825. The van der Waals surface area contributed by atoms with Crippen molar-refractivity contribution >= 4 is 5.91 Å². The average molecular weight is 280 g/mol. The van der Waals surface area contributed by atoms with Gasteiger partial charge in [0.2, 0.25) is 5.91 Å². The van der Waals surface area contributed by atoms with E-state index in [4.69, 9.17) is 10.5 Å². The van der Waals surface area contributed by atoms with Gasteiger partial charge in [-0.15, -0.1) is 0 Å². The first-order valence-electron chi connectivity index (χ1n) is 8.34. The third-order valence-electron chi connectivity index (χ3n) is 5.73. The standard InChI is InChI=1S/C16H28N2O2/c17-11-16(6-8-20-9-7-16)15(19)18-14-10-13(14)12-4-2-1-3-5-12/h12-14H,1-11,17H2,(H,18,19). The number of carbonyl (C=O) groups is 1. The lowest BCUT2D eigenvalue weighted by molar-refractivity contribution is -0.136. The molecule has 2 saturated carbocycles. The smallest absolute Gasteiger partial charge is 0.227 e. The largest absolute Gasteiger partial charge is 0.381 e. The highest BCUT2D eigenvalue weighted by atomic mass is 16.5. The lowest BCUT2D eigenvalue weighted by Gasteiger charge is -2.34. The van der Waals surface area contributed by atoms with Crippen LogP contribution in [0.1, 0.15) is 51.4 Å². The van der Waals surface area contributed by atoms with Crippen molar-refractivity contribution in [2.45, 2.75) is 57.4 Å². The van der Waals surface area contributed by atoms with Crippen LogP contribution in [0.5, 0.6) is 0 Å². The van der Waals surface area contributed by atoms with Gasteiger partial charge < -0.3 is 15.8 Å². The van der Waals surface area contributed by atoms with Crippen LogP contribution in [0.4, 0.5) is 0 Å². The zero-order valence-electron chi connectivity index (χ0n) is 12.4. The Hall–Kier alpha value is -0.610. The topological polar surface area (TPSA) is 64.4 Å². The summed E-state index contributed by atoms with van der Waals surface area (Å²) in [5, 5.41) is 3.29. The van der Waals surface area contributed by atoms with E-state index in [1.165, 1.54) is 38.5 Å². The van der Waals surface area contributed by atoms with Crippen LogP contribution in [0.15, 0.2) is 0 Å². The second kappa shape index (κ2) is 6.02. The van der Waals surface area contributed by atoms with E-state index < -0.39 is 0 Å². The fourth-order valence-electron chi connectivity index (χ4n) is 4.07. The van der Waals surface area contributed by atoms with Crippen LogP contribution in [0.2, 0.25) is 0 Å². The van der Waals surface area contributed by atoms with E-state index in [0.29, 0.717) is 25.8 Å². The Morgan fingerprint density at radius 1 is 1.20 bits per heavy atom. The predicted octanol–water partition coefficient (Wildman–Crippen LogP) is 1.83. The third kappa shape index (κ3) is 2.86. The van der Waals surface area contributed by atoms with Gasteiger partial charge in [0.05, 0.1) is 5.41 Å². The number of ether oxygens (including phenoxy) is 1. The molecule has 3 fully saturated rings. The number of hydrogen-bond donors (Lipinski definition) is 2. The maximum absolute atomic E-state index is 12.6. The van der Waals surface area contributed by atoms with Crippen molar-refractivity contribution in [1.82, 2.24) is 5.32 Å². The summed E-state index contributed by atoms with van der Waals surface area (Å²) < 4.78 is 5.38. The first-order chi connectivity index (χ1) is 9.75. The van der Waals surface area contributed by atoms with Gasteiger partial charge >= 0.3 is 0 Å². The molecule has 1 saturated heterocycles. The van der Waals surface area contributed by atoms with Crippen LogP contribution in [0, 0.1) is 17.3 Å². The molecule has 0 aromatic heterocycles. The van der Waals surface area contributed by atoms with Crippen molar-refractivity contribution in [1.29, 1.82) is 0 Å². The second-order valence-electron chi connectivity index (χ2n) is 6.97. The lowest BCUT2D eigenvalue weighted by atomic mass is 9.79. The van der Waals surface area contributed by atoms with Gasteiger partial charge in [0, 0.05) is 25.8 Å². The van der Waals surface area contributed by atoms with Gasteiger partial charge in [-0.25, -0.2) is 0 Å². The summed E-state index contributed by atoms with van der Waals surface area (Å²) in [5.74, 6) is 1.79. The SMILES string of the molecule is NCC1(C(=O)NC2CC2C2CCCCC2)CCOCC1. The number of amides is 1. The van der Waals surface area contributed by atoms with E-state index in [-0.39, 0.29) is 11.3 Å². The highest BCUT2D eigenvalue weighted by Gasteiger charge is 2.47. The summed E-state index contributed by atoms with van der Waals surface area (Å²) in [4.78, 5) is 12.6. The predicted molar refractivity (Wildman–Crippen MR) is 78.2 cm³/mol. The molecule has 0 aromatic rings. The summed E-state index contributed by atoms with van der Waals surface area (Å²) in [5.41, 5.74) is 5.53. The van der Waals surface area contributed by atoms with E-state index in [1.807, 2.05) is 0 Å². The molecule has 3 rings (SSSR count). The molecule has 0 aromatic carbocycles. The number of rotatable bonds is 4. The van der Waals surface area contributed by atoms with E-state index in [9.17, 15) is 4.79 Å². The molecule has 4 heteroatoms. The van der Waals surface area contributed by atoms with Gasteiger partial charge in [0.25, 0.3) is 0 Å². The number of nitrogens with one attached hydrogen (secondary N) is 1. The van der Waals surface area contributed by atoms with Gasteiger partial charge in [-0.1, -0.05) is 32.1 Å². The minimum Gasteiger partial charge on any atom is -0.381 e. The molecule has 2 unspecified atom stereocenters. The molecular formula is C16H28N2O2. The number of nitrogens with two attached hydrogens (primary N) is 1. The van der Waals surface area contributed by atoms with Crippen molar-refractivity contribution in [3.63, 3.8) is 0 Å². The minimum absolute atomic E-state index is 0.187. The molecule has 1 aliphatic heterocycles. The average Bonchev–Trinajstić information content (AvgIpc) is 3.28. The monoisotopic (exact) mass is 280 g/mol. The summed E-state index contributed by atoms with van der Waals surface area (Å²) in [6.45, 7) is 1.78.